The molecule has 0 saturated carbocycles. The average molecular weight is 373 g/mol. The van der Waals surface area contributed by atoms with E-state index in [0.29, 0.717) is 10.4 Å². The number of hydrogen-bond donors (Lipinski definition) is 2. The first-order valence-corrected chi connectivity index (χ1v) is 8.21. The molecule has 0 aliphatic heterocycles. The van der Waals surface area contributed by atoms with Gasteiger partial charge < -0.3 is 11.2 Å². The number of alkyl halides is 3. The standard InChI is InChI=1S/C15H18F3N5OS/c1-7-5-8(2)11(9(3)6-7)20-12(24)10(4)25-14-22-21-13(23(14)19)15(16,17)18/h5-6,10H,19H2,1-4H3,(H,20,24). The van der Waals surface area contributed by atoms with Gasteiger partial charge in [-0.05, 0) is 38.8 Å². The lowest BCUT2D eigenvalue weighted by Crippen LogP contribution is -2.25. The van der Waals surface area contributed by atoms with Gasteiger partial charge in [-0.25, -0.2) is 4.68 Å². The van der Waals surface area contributed by atoms with Crippen LogP contribution >= 0.6 is 11.8 Å². The number of benzene rings is 1. The monoisotopic (exact) mass is 373 g/mol. The highest BCUT2D eigenvalue weighted by atomic mass is 32.2. The van der Waals surface area contributed by atoms with Gasteiger partial charge in [0, 0.05) is 5.69 Å². The van der Waals surface area contributed by atoms with E-state index in [-0.39, 0.29) is 11.1 Å². The zero-order valence-corrected chi connectivity index (χ0v) is 14.9. The minimum Gasteiger partial charge on any atom is -0.335 e. The Hall–Kier alpha value is -2.23. The normalized spacial score (nSPS) is 12.9. The summed E-state index contributed by atoms with van der Waals surface area (Å²) in [6.45, 7) is 7.26. The molecule has 1 atom stereocenters. The quantitative estimate of drug-likeness (QED) is 0.635. The molecule has 3 N–H and O–H groups in total. The summed E-state index contributed by atoms with van der Waals surface area (Å²) in [5.74, 6) is 3.70. The molecule has 0 saturated heterocycles. The van der Waals surface area contributed by atoms with Crippen LogP contribution < -0.4 is 11.2 Å². The van der Waals surface area contributed by atoms with Crippen LogP contribution in [0.3, 0.4) is 0 Å². The average Bonchev–Trinajstić information content (AvgIpc) is 2.83. The van der Waals surface area contributed by atoms with Gasteiger partial charge in [0.05, 0.1) is 5.25 Å². The van der Waals surface area contributed by atoms with Gasteiger partial charge in [0.1, 0.15) is 0 Å². The maximum atomic E-state index is 12.7. The molecular weight excluding hydrogens is 355 g/mol. The van der Waals surface area contributed by atoms with Crippen LogP contribution in [0.25, 0.3) is 0 Å². The van der Waals surface area contributed by atoms with Crippen molar-refractivity contribution in [3.63, 3.8) is 0 Å². The first-order valence-electron chi connectivity index (χ1n) is 7.33. The topological polar surface area (TPSA) is 85.8 Å². The van der Waals surface area contributed by atoms with Gasteiger partial charge in [-0.1, -0.05) is 29.5 Å². The molecule has 1 unspecified atom stereocenters. The van der Waals surface area contributed by atoms with E-state index < -0.39 is 17.3 Å². The first kappa shape index (κ1) is 19.1. The molecule has 0 aliphatic rings. The molecule has 0 bridgehead atoms. The third-order valence-electron chi connectivity index (χ3n) is 3.49. The SMILES string of the molecule is Cc1cc(C)c(NC(=O)C(C)Sc2nnc(C(F)(F)F)n2N)c(C)c1. The summed E-state index contributed by atoms with van der Waals surface area (Å²) in [5, 5.41) is 8.34. The van der Waals surface area contributed by atoms with E-state index in [1.54, 1.807) is 6.92 Å². The Morgan fingerprint density at radius 1 is 1.24 bits per heavy atom. The fourth-order valence-electron chi connectivity index (χ4n) is 2.36. The molecule has 1 aromatic heterocycles. The van der Waals surface area contributed by atoms with Crippen LogP contribution in [0.5, 0.6) is 0 Å². The van der Waals surface area contributed by atoms with Gasteiger partial charge in [-0.2, -0.15) is 13.2 Å². The number of nitrogen functional groups attached to an aromatic ring is 1. The molecule has 10 heteroatoms. The van der Waals surface area contributed by atoms with Crippen LogP contribution in [-0.2, 0) is 11.0 Å². The highest BCUT2D eigenvalue weighted by Gasteiger charge is 2.38. The molecule has 0 spiro atoms. The summed E-state index contributed by atoms with van der Waals surface area (Å²) in [5.41, 5.74) is 3.58. The summed E-state index contributed by atoms with van der Waals surface area (Å²) < 4.78 is 38.4. The van der Waals surface area contributed by atoms with Gasteiger partial charge in [0.2, 0.25) is 11.1 Å². The lowest BCUT2D eigenvalue weighted by molar-refractivity contribution is -0.146. The first-order chi connectivity index (χ1) is 11.5. The third kappa shape index (κ3) is 4.25. The largest absolute Gasteiger partial charge is 0.453 e. The predicted octanol–water partition coefficient (Wildman–Crippen LogP) is 3.06. The number of halogens is 3. The number of carbonyl (C=O) groups excluding carboxylic acids is 1. The van der Waals surface area contributed by atoms with Crippen LogP contribution in [-0.4, -0.2) is 26.0 Å². The minimum atomic E-state index is -4.71. The van der Waals surface area contributed by atoms with Crippen molar-refractivity contribution in [3.8, 4) is 0 Å². The van der Waals surface area contributed by atoms with Gasteiger partial charge in [-0.3, -0.25) is 4.79 Å². The fourth-order valence-corrected chi connectivity index (χ4v) is 3.13. The molecule has 6 nitrogen and oxygen atoms in total. The van der Waals surface area contributed by atoms with Gasteiger partial charge >= 0.3 is 6.18 Å². The van der Waals surface area contributed by atoms with E-state index in [9.17, 15) is 18.0 Å². The Morgan fingerprint density at radius 3 is 2.28 bits per heavy atom. The minimum absolute atomic E-state index is 0.188. The zero-order chi connectivity index (χ0) is 18.9. The Balaban J connectivity index is 2.13. The lowest BCUT2D eigenvalue weighted by Gasteiger charge is -2.16. The van der Waals surface area contributed by atoms with Crippen molar-refractivity contribution in [1.82, 2.24) is 14.9 Å². The lowest BCUT2D eigenvalue weighted by atomic mass is 10.1. The van der Waals surface area contributed by atoms with Crippen LogP contribution in [0.2, 0.25) is 0 Å². The highest BCUT2D eigenvalue weighted by Crippen LogP contribution is 2.30. The van der Waals surface area contributed by atoms with Crippen molar-refractivity contribution in [1.29, 1.82) is 0 Å². The van der Waals surface area contributed by atoms with Gasteiger partial charge in [0.15, 0.2) is 0 Å². The number of aromatic nitrogens is 3. The van der Waals surface area contributed by atoms with E-state index in [0.717, 1.165) is 28.5 Å². The molecule has 1 heterocycles. The Labute approximate surface area is 147 Å². The summed E-state index contributed by atoms with van der Waals surface area (Å²) in [6.07, 6.45) is -4.71. The van der Waals surface area contributed by atoms with E-state index in [1.165, 1.54) is 0 Å². The van der Waals surface area contributed by atoms with E-state index in [4.69, 9.17) is 5.84 Å². The molecule has 0 radical (unpaired) electrons. The zero-order valence-electron chi connectivity index (χ0n) is 14.1. The van der Waals surface area contributed by atoms with Crippen LogP contribution in [0.4, 0.5) is 18.9 Å². The number of carbonyl (C=O) groups is 1. The van der Waals surface area contributed by atoms with Crippen LogP contribution in [0, 0.1) is 20.8 Å². The van der Waals surface area contributed by atoms with E-state index in [1.807, 2.05) is 32.9 Å². The number of aryl methyl sites for hydroxylation is 3. The molecule has 2 aromatic rings. The second-order valence-electron chi connectivity index (χ2n) is 5.70. The third-order valence-corrected chi connectivity index (χ3v) is 4.55. The molecular formula is C15H18F3N5OS. The molecule has 0 aliphatic carbocycles. The number of amides is 1. The van der Waals surface area contributed by atoms with Crippen LogP contribution in [0.15, 0.2) is 17.3 Å². The van der Waals surface area contributed by atoms with Crippen molar-refractivity contribution >= 4 is 23.4 Å². The number of hydrogen-bond acceptors (Lipinski definition) is 5. The summed E-state index contributed by atoms with van der Waals surface area (Å²) in [7, 11) is 0. The summed E-state index contributed by atoms with van der Waals surface area (Å²) >= 11 is 0.802. The summed E-state index contributed by atoms with van der Waals surface area (Å²) in [4.78, 5) is 12.4. The molecule has 0 fully saturated rings. The number of thioether (sulfide) groups is 1. The molecule has 136 valence electrons. The van der Waals surface area contributed by atoms with Gasteiger partial charge in [0.25, 0.3) is 5.82 Å². The highest BCUT2D eigenvalue weighted by molar-refractivity contribution is 8.00. The second-order valence-corrected chi connectivity index (χ2v) is 7.00. The van der Waals surface area contributed by atoms with Crippen molar-refractivity contribution in [2.45, 2.75) is 44.3 Å². The summed E-state index contributed by atoms with van der Waals surface area (Å²) in [6, 6.07) is 3.87. The number of nitrogens with one attached hydrogen (secondary N) is 1. The Kier molecular flexibility index (Phi) is 5.31. The molecule has 2 rings (SSSR count). The number of nitrogens with zero attached hydrogens (tertiary/aromatic N) is 3. The van der Waals surface area contributed by atoms with Crippen molar-refractivity contribution in [3.05, 3.63) is 34.6 Å². The van der Waals surface area contributed by atoms with Gasteiger partial charge in [-0.15, -0.1) is 10.2 Å². The number of rotatable bonds is 4. The van der Waals surface area contributed by atoms with Crippen molar-refractivity contribution in [2.75, 3.05) is 11.2 Å². The van der Waals surface area contributed by atoms with Crippen LogP contribution in [0.1, 0.15) is 29.4 Å². The molecule has 1 amide bonds. The smallest absolute Gasteiger partial charge is 0.335 e. The Morgan fingerprint density at radius 2 is 1.80 bits per heavy atom. The van der Waals surface area contributed by atoms with E-state index in [2.05, 4.69) is 15.5 Å². The van der Waals surface area contributed by atoms with Crippen molar-refractivity contribution < 1.29 is 18.0 Å². The maximum absolute atomic E-state index is 12.7. The predicted molar refractivity (Wildman–Crippen MR) is 89.8 cm³/mol. The maximum Gasteiger partial charge on any atom is 0.453 e. The molecule has 25 heavy (non-hydrogen) atoms. The molecule has 1 aromatic carbocycles. The Bertz CT molecular complexity index is 780. The van der Waals surface area contributed by atoms with Crippen molar-refractivity contribution in [2.24, 2.45) is 0 Å². The second kappa shape index (κ2) is 6.95. The number of anilines is 1. The number of nitrogens with two attached hydrogens (primary N) is 1. The van der Waals surface area contributed by atoms with E-state index >= 15 is 0 Å². The fraction of sp³-hybridized carbons (Fsp3) is 0.400.